The Morgan fingerprint density at radius 1 is 1.31 bits per heavy atom. The summed E-state index contributed by atoms with van der Waals surface area (Å²) in [7, 11) is 0. The molecule has 4 heterocycles. The van der Waals surface area contributed by atoms with Crippen molar-refractivity contribution in [3.63, 3.8) is 0 Å². The third-order valence-corrected chi connectivity index (χ3v) is 5.48. The number of aryl methyl sites for hydroxylation is 1. The molecule has 1 N–H and O–H groups in total. The Morgan fingerprint density at radius 2 is 2.12 bits per heavy atom. The second-order valence-corrected chi connectivity index (χ2v) is 7.25. The van der Waals surface area contributed by atoms with Crippen molar-refractivity contribution in [2.75, 3.05) is 36.4 Å². The lowest BCUT2D eigenvalue weighted by atomic mass is 10.2. The highest BCUT2D eigenvalue weighted by Gasteiger charge is 2.27. The van der Waals surface area contributed by atoms with Crippen molar-refractivity contribution in [3.05, 3.63) is 29.5 Å². The second kappa shape index (κ2) is 7.00. The first-order valence-corrected chi connectivity index (χ1v) is 9.41. The van der Waals surface area contributed by atoms with E-state index in [1.54, 1.807) is 23.7 Å². The number of nitrogens with zero attached hydrogens (tertiary/aromatic N) is 5. The number of carbonyl (C=O) groups is 1. The van der Waals surface area contributed by atoms with Crippen LogP contribution < -0.4 is 10.2 Å². The summed E-state index contributed by atoms with van der Waals surface area (Å²) < 4.78 is 5.06. The number of aromatic nitrogens is 3. The van der Waals surface area contributed by atoms with Crippen LogP contribution in [0.4, 0.5) is 11.7 Å². The van der Waals surface area contributed by atoms with Crippen LogP contribution in [0, 0.1) is 6.92 Å². The minimum absolute atomic E-state index is 0.0862. The molecule has 9 heteroatoms. The summed E-state index contributed by atoms with van der Waals surface area (Å²) in [4.78, 5) is 26.7. The zero-order valence-corrected chi connectivity index (χ0v) is 15.5. The predicted molar refractivity (Wildman–Crippen MR) is 101 cm³/mol. The van der Waals surface area contributed by atoms with Gasteiger partial charge in [0, 0.05) is 32.2 Å². The van der Waals surface area contributed by atoms with Gasteiger partial charge in [0.2, 0.25) is 11.8 Å². The van der Waals surface area contributed by atoms with Gasteiger partial charge in [-0.1, -0.05) is 5.16 Å². The van der Waals surface area contributed by atoms with E-state index in [9.17, 15) is 4.79 Å². The fourth-order valence-corrected chi connectivity index (χ4v) is 3.89. The summed E-state index contributed by atoms with van der Waals surface area (Å²) in [6.45, 7) is 6.96. The SMILES string of the molecule is Cc1cc(NC(=O)C(C)N2CCN(c3ncnc4sccc34)CC2)on1. The van der Waals surface area contributed by atoms with Gasteiger partial charge in [0.25, 0.3) is 0 Å². The Hall–Kier alpha value is -2.52. The van der Waals surface area contributed by atoms with Crippen molar-refractivity contribution in [1.82, 2.24) is 20.0 Å². The molecule has 1 amide bonds. The third kappa shape index (κ3) is 3.27. The minimum Gasteiger partial charge on any atom is -0.353 e. The molecule has 0 aromatic carbocycles. The van der Waals surface area contributed by atoms with Gasteiger partial charge in [-0.05, 0) is 25.3 Å². The number of hydrogen-bond acceptors (Lipinski definition) is 8. The van der Waals surface area contributed by atoms with Gasteiger partial charge in [0.15, 0.2) is 0 Å². The number of nitrogens with one attached hydrogen (secondary N) is 1. The molecule has 8 nitrogen and oxygen atoms in total. The van der Waals surface area contributed by atoms with Crippen LogP contribution in [0.15, 0.2) is 28.4 Å². The molecule has 1 unspecified atom stereocenters. The highest BCUT2D eigenvalue weighted by Crippen LogP contribution is 2.27. The van der Waals surface area contributed by atoms with Crippen molar-refractivity contribution in [3.8, 4) is 0 Å². The van der Waals surface area contributed by atoms with E-state index in [1.807, 2.05) is 19.2 Å². The van der Waals surface area contributed by atoms with E-state index in [1.165, 1.54) is 0 Å². The number of thiophene rings is 1. The van der Waals surface area contributed by atoms with E-state index >= 15 is 0 Å². The van der Waals surface area contributed by atoms with Crippen LogP contribution in [-0.2, 0) is 4.79 Å². The maximum absolute atomic E-state index is 12.4. The number of fused-ring (bicyclic) bond motifs is 1. The number of hydrogen-bond donors (Lipinski definition) is 1. The molecule has 26 heavy (non-hydrogen) atoms. The number of rotatable bonds is 4. The Bertz CT molecular complexity index is 915. The molecule has 1 saturated heterocycles. The van der Waals surface area contributed by atoms with Crippen LogP contribution in [-0.4, -0.2) is 58.2 Å². The Kier molecular flexibility index (Phi) is 4.56. The normalized spacial score (nSPS) is 16.8. The number of anilines is 2. The maximum Gasteiger partial charge on any atom is 0.243 e. The van der Waals surface area contributed by atoms with Gasteiger partial charge >= 0.3 is 0 Å². The number of piperazine rings is 1. The Balaban J connectivity index is 1.38. The molecular formula is C17H20N6O2S. The van der Waals surface area contributed by atoms with Gasteiger partial charge in [-0.2, -0.15) is 0 Å². The molecule has 0 spiro atoms. The summed E-state index contributed by atoms with van der Waals surface area (Å²) in [6.07, 6.45) is 1.62. The first-order chi connectivity index (χ1) is 12.6. The first kappa shape index (κ1) is 16.9. The molecule has 1 atom stereocenters. The lowest BCUT2D eigenvalue weighted by Gasteiger charge is -2.38. The van der Waals surface area contributed by atoms with E-state index < -0.39 is 0 Å². The van der Waals surface area contributed by atoms with Crippen LogP contribution >= 0.6 is 11.3 Å². The molecule has 3 aromatic rings. The van der Waals surface area contributed by atoms with E-state index in [2.05, 4.69) is 36.3 Å². The lowest BCUT2D eigenvalue weighted by Crippen LogP contribution is -2.53. The molecule has 0 saturated carbocycles. The van der Waals surface area contributed by atoms with Crippen LogP contribution in [0.3, 0.4) is 0 Å². The van der Waals surface area contributed by atoms with E-state index in [4.69, 9.17) is 4.52 Å². The molecule has 136 valence electrons. The van der Waals surface area contributed by atoms with Crippen molar-refractivity contribution in [2.24, 2.45) is 0 Å². The standard InChI is InChI=1S/C17H20N6O2S/c1-11-9-14(25-21-11)20-16(24)12(2)22-4-6-23(7-5-22)15-13-3-8-26-17(13)19-10-18-15/h3,8-10,12H,4-7H2,1-2H3,(H,20,24). The largest absolute Gasteiger partial charge is 0.353 e. The molecule has 4 rings (SSSR count). The zero-order valence-electron chi connectivity index (χ0n) is 14.7. The molecule has 1 aliphatic heterocycles. The average Bonchev–Trinajstić information content (AvgIpc) is 3.29. The number of amides is 1. The number of carbonyl (C=O) groups excluding carboxylic acids is 1. The van der Waals surface area contributed by atoms with Crippen LogP contribution in [0.2, 0.25) is 0 Å². The smallest absolute Gasteiger partial charge is 0.243 e. The summed E-state index contributed by atoms with van der Waals surface area (Å²) in [6, 6.07) is 3.54. The van der Waals surface area contributed by atoms with Crippen molar-refractivity contribution >= 4 is 39.2 Å². The molecule has 3 aromatic heterocycles. The van der Waals surface area contributed by atoms with E-state index in [0.29, 0.717) is 5.88 Å². The molecule has 0 bridgehead atoms. The van der Waals surface area contributed by atoms with Crippen molar-refractivity contribution in [2.45, 2.75) is 19.9 Å². The molecular weight excluding hydrogens is 352 g/mol. The highest BCUT2D eigenvalue weighted by molar-refractivity contribution is 7.16. The quantitative estimate of drug-likeness (QED) is 0.751. The van der Waals surface area contributed by atoms with Crippen LogP contribution in [0.25, 0.3) is 10.2 Å². The first-order valence-electron chi connectivity index (χ1n) is 8.53. The van der Waals surface area contributed by atoms with Crippen molar-refractivity contribution < 1.29 is 9.32 Å². The van der Waals surface area contributed by atoms with Gasteiger partial charge in [0.05, 0.1) is 17.1 Å². The monoisotopic (exact) mass is 372 g/mol. The third-order valence-electron chi connectivity index (χ3n) is 4.66. The fraction of sp³-hybridized carbons (Fsp3) is 0.412. The van der Waals surface area contributed by atoms with Gasteiger partial charge in [0.1, 0.15) is 17.0 Å². The molecule has 1 fully saturated rings. The zero-order chi connectivity index (χ0) is 18.1. The summed E-state index contributed by atoms with van der Waals surface area (Å²) >= 11 is 1.62. The predicted octanol–water partition coefficient (Wildman–Crippen LogP) is 2.14. The van der Waals surface area contributed by atoms with Gasteiger partial charge in [-0.25, -0.2) is 9.97 Å². The Morgan fingerprint density at radius 3 is 2.85 bits per heavy atom. The summed E-state index contributed by atoms with van der Waals surface area (Å²) in [5, 5.41) is 9.70. The summed E-state index contributed by atoms with van der Waals surface area (Å²) in [5.41, 5.74) is 0.742. The molecule has 0 aliphatic carbocycles. The molecule has 1 aliphatic rings. The van der Waals surface area contributed by atoms with E-state index in [0.717, 1.165) is 47.9 Å². The van der Waals surface area contributed by atoms with Gasteiger partial charge < -0.3 is 9.42 Å². The maximum atomic E-state index is 12.4. The van der Waals surface area contributed by atoms with E-state index in [-0.39, 0.29) is 11.9 Å². The molecule has 0 radical (unpaired) electrons. The van der Waals surface area contributed by atoms with Gasteiger partial charge in [-0.15, -0.1) is 11.3 Å². The highest BCUT2D eigenvalue weighted by atomic mass is 32.1. The van der Waals surface area contributed by atoms with Crippen molar-refractivity contribution in [1.29, 1.82) is 0 Å². The minimum atomic E-state index is -0.242. The van der Waals surface area contributed by atoms with Gasteiger partial charge in [-0.3, -0.25) is 15.0 Å². The topological polar surface area (TPSA) is 87.4 Å². The van der Waals surface area contributed by atoms with Crippen LogP contribution in [0.5, 0.6) is 0 Å². The Labute approximate surface area is 154 Å². The fourth-order valence-electron chi connectivity index (χ4n) is 3.16. The van der Waals surface area contributed by atoms with Crippen LogP contribution in [0.1, 0.15) is 12.6 Å². The lowest BCUT2D eigenvalue weighted by molar-refractivity contribution is -0.121. The average molecular weight is 372 g/mol. The summed E-state index contributed by atoms with van der Waals surface area (Å²) in [5.74, 6) is 1.28. The second-order valence-electron chi connectivity index (χ2n) is 6.36.